The summed E-state index contributed by atoms with van der Waals surface area (Å²) in [6.07, 6.45) is 5.10. The summed E-state index contributed by atoms with van der Waals surface area (Å²) in [7, 11) is 3.57. The number of hydrogen-bond acceptors (Lipinski definition) is 6. The van der Waals surface area contributed by atoms with E-state index in [9.17, 15) is 9.59 Å². The molecule has 3 aromatic rings. The maximum Gasteiger partial charge on any atom is 0.274 e. The standard InChI is InChI=1S/C16H16N6O2S/c1-21-9-3-4-12(21)15(24)18-13(23)10-25-16-20-19-14(22(16)2)11-5-7-17-8-6-11/h3-9H,10H2,1-2H3,(H,18,23,24). The van der Waals surface area contributed by atoms with E-state index in [2.05, 4.69) is 20.5 Å². The summed E-state index contributed by atoms with van der Waals surface area (Å²) in [5.41, 5.74) is 1.32. The highest BCUT2D eigenvalue weighted by Crippen LogP contribution is 2.21. The Morgan fingerprint density at radius 2 is 1.92 bits per heavy atom. The fraction of sp³-hybridized carbons (Fsp3) is 0.188. The normalized spacial score (nSPS) is 10.6. The van der Waals surface area contributed by atoms with Crippen LogP contribution in [-0.4, -0.2) is 41.9 Å². The Labute approximate surface area is 148 Å². The molecule has 9 heteroatoms. The average molecular weight is 356 g/mol. The molecule has 0 saturated carbocycles. The van der Waals surface area contributed by atoms with Crippen LogP contribution in [0.3, 0.4) is 0 Å². The van der Waals surface area contributed by atoms with E-state index in [-0.39, 0.29) is 11.7 Å². The number of imide groups is 1. The Hall–Kier alpha value is -2.94. The fourth-order valence-electron chi connectivity index (χ4n) is 2.25. The second-order valence-electron chi connectivity index (χ2n) is 5.27. The van der Waals surface area contributed by atoms with Crippen molar-refractivity contribution in [2.24, 2.45) is 14.1 Å². The number of aromatic nitrogens is 5. The van der Waals surface area contributed by atoms with Gasteiger partial charge in [-0.3, -0.25) is 19.9 Å². The van der Waals surface area contributed by atoms with Crippen LogP contribution in [0.15, 0.2) is 48.0 Å². The van der Waals surface area contributed by atoms with E-state index in [4.69, 9.17) is 0 Å². The van der Waals surface area contributed by atoms with Crippen molar-refractivity contribution in [3.8, 4) is 11.4 Å². The molecule has 0 aliphatic rings. The van der Waals surface area contributed by atoms with Crippen molar-refractivity contribution in [1.29, 1.82) is 0 Å². The number of carbonyl (C=O) groups is 2. The molecule has 25 heavy (non-hydrogen) atoms. The van der Waals surface area contributed by atoms with Crippen molar-refractivity contribution >= 4 is 23.6 Å². The first-order chi connectivity index (χ1) is 12.1. The lowest BCUT2D eigenvalue weighted by Crippen LogP contribution is -2.33. The van der Waals surface area contributed by atoms with Crippen LogP contribution in [0.25, 0.3) is 11.4 Å². The first kappa shape index (κ1) is 16.9. The molecule has 3 rings (SSSR count). The van der Waals surface area contributed by atoms with E-state index in [0.717, 1.165) is 5.56 Å². The van der Waals surface area contributed by atoms with Crippen LogP contribution in [0.5, 0.6) is 0 Å². The van der Waals surface area contributed by atoms with Gasteiger partial charge in [0.15, 0.2) is 11.0 Å². The zero-order chi connectivity index (χ0) is 17.8. The van der Waals surface area contributed by atoms with E-state index in [1.54, 1.807) is 46.9 Å². The molecule has 0 aliphatic heterocycles. The Morgan fingerprint density at radius 3 is 2.60 bits per heavy atom. The van der Waals surface area contributed by atoms with E-state index >= 15 is 0 Å². The molecule has 0 bridgehead atoms. The van der Waals surface area contributed by atoms with E-state index < -0.39 is 5.91 Å². The fourth-order valence-corrected chi connectivity index (χ4v) is 2.96. The van der Waals surface area contributed by atoms with E-state index in [1.165, 1.54) is 11.8 Å². The number of nitrogens with zero attached hydrogens (tertiary/aromatic N) is 5. The monoisotopic (exact) mass is 356 g/mol. The summed E-state index contributed by atoms with van der Waals surface area (Å²) in [5.74, 6) is -0.0539. The van der Waals surface area contributed by atoms with Crippen molar-refractivity contribution in [2.75, 3.05) is 5.75 Å². The van der Waals surface area contributed by atoms with Crippen LogP contribution in [0.1, 0.15) is 10.5 Å². The average Bonchev–Trinajstić information content (AvgIpc) is 3.19. The van der Waals surface area contributed by atoms with Crippen LogP contribution in [0, 0.1) is 0 Å². The van der Waals surface area contributed by atoms with Gasteiger partial charge in [0.25, 0.3) is 5.91 Å². The van der Waals surface area contributed by atoms with Gasteiger partial charge in [0.05, 0.1) is 5.75 Å². The lowest BCUT2D eigenvalue weighted by molar-refractivity contribution is -0.117. The molecule has 2 amide bonds. The minimum atomic E-state index is -0.423. The van der Waals surface area contributed by atoms with Crippen molar-refractivity contribution in [3.63, 3.8) is 0 Å². The van der Waals surface area contributed by atoms with Crippen molar-refractivity contribution in [3.05, 3.63) is 48.5 Å². The van der Waals surface area contributed by atoms with Crippen LogP contribution in [-0.2, 0) is 18.9 Å². The highest BCUT2D eigenvalue weighted by molar-refractivity contribution is 7.99. The molecule has 0 spiro atoms. The molecular weight excluding hydrogens is 340 g/mol. The summed E-state index contributed by atoms with van der Waals surface area (Å²) in [5, 5.41) is 11.2. The summed E-state index contributed by atoms with van der Waals surface area (Å²) in [4.78, 5) is 28.0. The molecule has 128 valence electrons. The maximum atomic E-state index is 12.0. The molecule has 0 aliphatic carbocycles. The quantitative estimate of drug-likeness (QED) is 0.692. The minimum absolute atomic E-state index is 0.0679. The molecule has 0 radical (unpaired) electrons. The molecule has 0 fully saturated rings. The predicted octanol–water partition coefficient (Wildman–Crippen LogP) is 1.26. The summed E-state index contributed by atoms with van der Waals surface area (Å²) in [6.45, 7) is 0. The number of aryl methyl sites for hydroxylation is 1. The van der Waals surface area contributed by atoms with Crippen LogP contribution < -0.4 is 5.32 Å². The molecule has 0 unspecified atom stereocenters. The lowest BCUT2D eigenvalue weighted by atomic mass is 10.2. The molecule has 1 N–H and O–H groups in total. The van der Waals surface area contributed by atoms with Gasteiger partial charge in [-0.2, -0.15) is 0 Å². The van der Waals surface area contributed by atoms with Gasteiger partial charge < -0.3 is 9.13 Å². The summed E-state index contributed by atoms with van der Waals surface area (Å²) < 4.78 is 3.45. The van der Waals surface area contributed by atoms with E-state index in [1.807, 2.05) is 19.2 Å². The number of hydrogen-bond donors (Lipinski definition) is 1. The van der Waals surface area contributed by atoms with E-state index in [0.29, 0.717) is 16.7 Å². The number of rotatable bonds is 5. The molecule has 0 saturated heterocycles. The Morgan fingerprint density at radius 1 is 1.16 bits per heavy atom. The molecule has 0 aromatic carbocycles. The third-order valence-corrected chi connectivity index (χ3v) is 4.56. The molecule has 3 heterocycles. The number of carbonyl (C=O) groups excluding carboxylic acids is 2. The largest absolute Gasteiger partial charge is 0.347 e. The van der Waals surface area contributed by atoms with Crippen LogP contribution in [0.2, 0.25) is 0 Å². The maximum absolute atomic E-state index is 12.0. The zero-order valence-corrected chi connectivity index (χ0v) is 14.5. The van der Waals surface area contributed by atoms with Gasteiger partial charge in [-0.15, -0.1) is 10.2 Å². The van der Waals surface area contributed by atoms with Gasteiger partial charge in [-0.05, 0) is 24.3 Å². The first-order valence-corrected chi connectivity index (χ1v) is 8.43. The van der Waals surface area contributed by atoms with Gasteiger partial charge in [-0.25, -0.2) is 0 Å². The first-order valence-electron chi connectivity index (χ1n) is 7.44. The SMILES string of the molecule is Cn1cccc1C(=O)NC(=O)CSc1nnc(-c2ccncc2)n1C. The Kier molecular flexibility index (Phi) is 4.94. The van der Waals surface area contributed by atoms with Gasteiger partial charge in [0, 0.05) is 38.2 Å². The van der Waals surface area contributed by atoms with Crippen molar-refractivity contribution in [1.82, 2.24) is 29.6 Å². The highest BCUT2D eigenvalue weighted by atomic mass is 32.2. The van der Waals surface area contributed by atoms with Crippen LogP contribution >= 0.6 is 11.8 Å². The molecular formula is C16H16N6O2S. The lowest BCUT2D eigenvalue weighted by Gasteiger charge is -2.05. The van der Waals surface area contributed by atoms with Gasteiger partial charge in [-0.1, -0.05) is 11.8 Å². The molecule has 8 nitrogen and oxygen atoms in total. The second kappa shape index (κ2) is 7.31. The van der Waals surface area contributed by atoms with Crippen LogP contribution in [0.4, 0.5) is 0 Å². The Balaban J connectivity index is 1.61. The summed E-state index contributed by atoms with van der Waals surface area (Å²) >= 11 is 1.22. The van der Waals surface area contributed by atoms with Gasteiger partial charge >= 0.3 is 0 Å². The number of nitrogens with one attached hydrogen (secondary N) is 1. The summed E-state index contributed by atoms with van der Waals surface area (Å²) in [6, 6.07) is 7.07. The second-order valence-corrected chi connectivity index (χ2v) is 6.21. The third kappa shape index (κ3) is 3.77. The number of amides is 2. The third-order valence-electron chi connectivity index (χ3n) is 3.54. The highest BCUT2D eigenvalue weighted by Gasteiger charge is 2.16. The van der Waals surface area contributed by atoms with Gasteiger partial charge in [0.1, 0.15) is 5.69 Å². The Bertz CT molecular complexity index is 903. The molecule has 0 atom stereocenters. The van der Waals surface area contributed by atoms with Crippen molar-refractivity contribution < 1.29 is 9.59 Å². The molecule has 3 aromatic heterocycles. The number of pyridine rings is 1. The predicted molar refractivity (Wildman–Crippen MR) is 92.8 cm³/mol. The van der Waals surface area contributed by atoms with Crippen molar-refractivity contribution in [2.45, 2.75) is 5.16 Å². The minimum Gasteiger partial charge on any atom is -0.347 e. The number of thioether (sulfide) groups is 1. The van der Waals surface area contributed by atoms with Gasteiger partial charge in [0.2, 0.25) is 5.91 Å². The zero-order valence-electron chi connectivity index (χ0n) is 13.7. The topological polar surface area (TPSA) is 94.7 Å². The smallest absolute Gasteiger partial charge is 0.274 e.